The lowest BCUT2D eigenvalue weighted by molar-refractivity contribution is 0.152. The highest BCUT2D eigenvalue weighted by atomic mass is 15.4. The lowest BCUT2D eigenvalue weighted by Gasteiger charge is -2.43. The number of amidine groups is 2. The number of nitrogens with one attached hydrogen (secondary N) is 2. The molecule has 0 spiro atoms. The number of fused-ring (bicyclic) bond motifs is 3. The number of aliphatic imine (C=N–C) groups is 2. The maximum atomic E-state index is 5.42. The first-order valence-corrected chi connectivity index (χ1v) is 18.2. The minimum Gasteiger partial charge on any atom is -0.350 e. The second-order valence-corrected chi connectivity index (χ2v) is 14.0. The van der Waals surface area contributed by atoms with Crippen LogP contribution in [0.5, 0.6) is 0 Å². The molecular formula is C46H42N6. The van der Waals surface area contributed by atoms with E-state index in [0.717, 1.165) is 22.8 Å². The highest BCUT2D eigenvalue weighted by molar-refractivity contribution is 6.01. The van der Waals surface area contributed by atoms with E-state index >= 15 is 0 Å². The van der Waals surface area contributed by atoms with Crippen LogP contribution in [-0.4, -0.2) is 35.6 Å². The molecule has 5 aromatic rings. The summed E-state index contributed by atoms with van der Waals surface area (Å²) in [5.74, 6) is 2.25. The quantitative estimate of drug-likeness (QED) is 0.188. The molecule has 0 aromatic heterocycles. The Balaban J connectivity index is 1.08. The van der Waals surface area contributed by atoms with Crippen LogP contribution in [0.4, 0.5) is 0 Å². The summed E-state index contributed by atoms with van der Waals surface area (Å²) in [7, 11) is 4.34. The van der Waals surface area contributed by atoms with Gasteiger partial charge in [-0.3, -0.25) is 10.2 Å². The van der Waals surface area contributed by atoms with Crippen LogP contribution in [0.2, 0.25) is 0 Å². The third-order valence-electron chi connectivity index (χ3n) is 10.9. The molecule has 6 nitrogen and oxygen atoms in total. The zero-order valence-electron chi connectivity index (χ0n) is 29.4. The van der Waals surface area contributed by atoms with Gasteiger partial charge in [-0.05, 0) is 40.4 Å². The van der Waals surface area contributed by atoms with Gasteiger partial charge in [-0.25, -0.2) is 9.98 Å². The highest BCUT2D eigenvalue weighted by Gasteiger charge is 2.39. The van der Waals surface area contributed by atoms with Crippen molar-refractivity contribution < 1.29 is 0 Å². The van der Waals surface area contributed by atoms with E-state index in [9.17, 15) is 0 Å². The Morgan fingerprint density at radius 2 is 1.21 bits per heavy atom. The molecule has 2 aliphatic carbocycles. The van der Waals surface area contributed by atoms with E-state index < -0.39 is 0 Å². The van der Waals surface area contributed by atoms with E-state index in [2.05, 4.69) is 204 Å². The number of allylic oxidation sites excluding steroid dienone is 4. The molecule has 0 radical (unpaired) electrons. The van der Waals surface area contributed by atoms with E-state index in [0.29, 0.717) is 0 Å². The third-order valence-corrected chi connectivity index (χ3v) is 10.9. The number of rotatable bonds is 6. The molecule has 2 aliphatic heterocycles. The van der Waals surface area contributed by atoms with Crippen LogP contribution in [-0.2, 0) is 0 Å². The molecule has 9 rings (SSSR count). The van der Waals surface area contributed by atoms with Crippen molar-refractivity contribution in [1.82, 2.24) is 20.4 Å². The average molecular weight is 679 g/mol. The van der Waals surface area contributed by atoms with Crippen LogP contribution >= 0.6 is 0 Å². The Morgan fingerprint density at radius 3 is 1.92 bits per heavy atom. The first-order chi connectivity index (χ1) is 25.6. The number of hydrogen-bond acceptors (Lipinski definition) is 6. The number of hydrogen-bond donors (Lipinski definition) is 2. The first-order valence-electron chi connectivity index (χ1n) is 18.2. The summed E-state index contributed by atoms with van der Waals surface area (Å²) >= 11 is 0. The largest absolute Gasteiger partial charge is 0.350 e. The van der Waals surface area contributed by atoms with Crippen LogP contribution in [0.3, 0.4) is 0 Å². The molecule has 0 fully saturated rings. The van der Waals surface area contributed by atoms with Crippen molar-refractivity contribution in [3.8, 4) is 0 Å². The summed E-state index contributed by atoms with van der Waals surface area (Å²) < 4.78 is 0. The van der Waals surface area contributed by atoms with Gasteiger partial charge < -0.3 is 10.2 Å². The number of benzene rings is 5. The monoisotopic (exact) mass is 678 g/mol. The Hall–Kier alpha value is -5.82. The Labute approximate surface area is 306 Å². The molecule has 0 bridgehead atoms. The standard InChI is InChI=1S/C46H42N6/c1-51-43(33-21-11-5-12-22-33)47-41(31-17-7-3-8-18-31)49-45(51)39-27-15-25-35-36-26-16-28-40(38(36)30-29-37(35)39)46-50-42(32-19-9-4-10-20-32)48-44(52(46)2)34-23-13-6-14-24-34/h3-30,35,37,41,43-44,46-47H,1-2H3,(H,48,50). The molecule has 5 aromatic carbocycles. The Morgan fingerprint density at radius 1 is 0.577 bits per heavy atom. The second-order valence-electron chi connectivity index (χ2n) is 14.0. The predicted molar refractivity (Wildman–Crippen MR) is 211 cm³/mol. The van der Waals surface area contributed by atoms with E-state index in [1.54, 1.807) is 0 Å². The summed E-state index contributed by atoms with van der Waals surface area (Å²) in [5, 5.41) is 7.67. The van der Waals surface area contributed by atoms with Crippen LogP contribution in [0.25, 0.3) is 6.08 Å². The molecule has 0 saturated carbocycles. The first kappa shape index (κ1) is 32.1. The topological polar surface area (TPSA) is 55.3 Å². The van der Waals surface area contributed by atoms with Gasteiger partial charge in [0.05, 0.1) is 0 Å². The van der Waals surface area contributed by atoms with Crippen LogP contribution in [0.15, 0.2) is 179 Å². The predicted octanol–water partition coefficient (Wildman–Crippen LogP) is 8.92. The Kier molecular flexibility index (Phi) is 8.47. The summed E-state index contributed by atoms with van der Waals surface area (Å²) in [5.41, 5.74) is 9.71. The molecule has 0 saturated heterocycles. The van der Waals surface area contributed by atoms with Gasteiger partial charge in [0.15, 0.2) is 0 Å². The fraction of sp³-hybridized carbons (Fsp3) is 0.174. The van der Waals surface area contributed by atoms with Crippen molar-refractivity contribution in [3.05, 3.63) is 208 Å². The van der Waals surface area contributed by atoms with E-state index in [1.807, 2.05) is 0 Å². The molecule has 4 aliphatic rings. The molecule has 52 heavy (non-hydrogen) atoms. The van der Waals surface area contributed by atoms with Crippen molar-refractivity contribution >= 4 is 17.7 Å². The summed E-state index contributed by atoms with van der Waals surface area (Å²) in [6, 6.07) is 49.1. The van der Waals surface area contributed by atoms with Crippen molar-refractivity contribution in [3.63, 3.8) is 0 Å². The van der Waals surface area contributed by atoms with Gasteiger partial charge in [0.1, 0.15) is 36.3 Å². The molecule has 256 valence electrons. The van der Waals surface area contributed by atoms with Gasteiger partial charge in [-0.1, -0.05) is 170 Å². The number of nitrogens with zero attached hydrogens (tertiary/aromatic N) is 4. The number of likely N-dealkylation sites (N-methyl/N-ethyl adjacent to an activating group) is 1. The highest BCUT2D eigenvalue weighted by Crippen LogP contribution is 2.46. The maximum Gasteiger partial charge on any atom is 0.132 e. The Bertz CT molecular complexity index is 2210. The fourth-order valence-corrected chi connectivity index (χ4v) is 8.25. The molecule has 2 N–H and O–H groups in total. The third kappa shape index (κ3) is 5.80. The van der Waals surface area contributed by atoms with Gasteiger partial charge in [0, 0.05) is 30.0 Å². The minimum absolute atomic E-state index is 0.0263. The van der Waals surface area contributed by atoms with Gasteiger partial charge in [-0.15, -0.1) is 0 Å². The summed E-state index contributed by atoms with van der Waals surface area (Å²) in [6.07, 6.45) is 11.2. The zero-order valence-corrected chi connectivity index (χ0v) is 29.4. The van der Waals surface area contributed by atoms with Gasteiger partial charge in [0.25, 0.3) is 0 Å². The van der Waals surface area contributed by atoms with Crippen LogP contribution in [0, 0.1) is 5.92 Å². The molecule has 6 unspecified atom stereocenters. The fourth-order valence-electron chi connectivity index (χ4n) is 8.25. The van der Waals surface area contributed by atoms with Crippen LogP contribution < -0.4 is 10.6 Å². The van der Waals surface area contributed by atoms with Crippen molar-refractivity contribution in [2.45, 2.75) is 30.6 Å². The SMILES string of the molecule is CN1C(C2=CC=CC3c4cccc(C5NC(c6ccccc6)=NC(c6ccccc6)N5C)c4C=CC23)=NC(c2ccccc2)NC1c1ccccc1. The lowest BCUT2D eigenvalue weighted by atomic mass is 9.72. The smallest absolute Gasteiger partial charge is 0.132 e. The zero-order chi connectivity index (χ0) is 35.0. The maximum absolute atomic E-state index is 5.42. The molecule has 6 heteroatoms. The second kappa shape index (κ2) is 13.7. The van der Waals surface area contributed by atoms with Crippen molar-refractivity contribution in [2.75, 3.05) is 14.1 Å². The molecule has 2 heterocycles. The van der Waals surface area contributed by atoms with Gasteiger partial charge >= 0.3 is 0 Å². The average Bonchev–Trinajstić information content (AvgIpc) is 3.22. The summed E-state index contributed by atoms with van der Waals surface area (Å²) in [4.78, 5) is 15.3. The van der Waals surface area contributed by atoms with Crippen molar-refractivity contribution in [1.29, 1.82) is 0 Å². The van der Waals surface area contributed by atoms with E-state index in [-0.39, 0.29) is 36.5 Å². The molecular weight excluding hydrogens is 637 g/mol. The van der Waals surface area contributed by atoms with Crippen molar-refractivity contribution in [2.24, 2.45) is 15.9 Å². The summed E-state index contributed by atoms with van der Waals surface area (Å²) in [6.45, 7) is 0. The molecule has 6 atom stereocenters. The normalized spacial score (nSPS) is 25.3. The minimum atomic E-state index is -0.166. The van der Waals surface area contributed by atoms with E-state index in [1.165, 1.54) is 33.4 Å². The lowest BCUT2D eigenvalue weighted by Crippen LogP contribution is -2.47. The van der Waals surface area contributed by atoms with Gasteiger partial charge in [0.2, 0.25) is 0 Å². The van der Waals surface area contributed by atoms with E-state index in [4.69, 9.17) is 9.98 Å². The van der Waals surface area contributed by atoms with Gasteiger partial charge in [-0.2, -0.15) is 0 Å². The molecule has 0 amide bonds. The van der Waals surface area contributed by atoms with Crippen LogP contribution in [0.1, 0.15) is 69.5 Å².